The predicted molar refractivity (Wildman–Crippen MR) is 45.2 cm³/mol. The normalized spacial score (nSPS) is 16.5. The number of rotatable bonds is 2. The van der Waals surface area contributed by atoms with E-state index in [1.54, 1.807) is 20.8 Å². The van der Waals surface area contributed by atoms with Crippen LogP contribution in [0.2, 0.25) is 0 Å². The standard InChI is InChI=1S/C7H16O3S/c1-6(5-8)11(9,10)7(2,3)4/h6,8H,5H2,1-4H3. The van der Waals surface area contributed by atoms with Crippen LogP contribution in [0.1, 0.15) is 27.7 Å². The zero-order chi connectivity index (χ0) is 9.28. The number of aliphatic hydroxyl groups is 1. The summed E-state index contributed by atoms with van der Waals surface area (Å²) < 4.78 is 22.1. The zero-order valence-corrected chi connectivity index (χ0v) is 8.27. The lowest BCUT2D eigenvalue weighted by molar-refractivity contribution is 0.294. The lowest BCUT2D eigenvalue weighted by atomic mass is 10.3. The second-order valence-corrected chi connectivity index (χ2v) is 6.77. The van der Waals surface area contributed by atoms with Crippen LogP contribution < -0.4 is 0 Å². The Labute approximate surface area is 68.3 Å². The minimum Gasteiger partial charge on any atom is -0.395 e. The van der Waals surface area contributed by atoms with Crippen LogP contribution in [0, 0.1) is 0 Å². The maximum atomic E-state index is 11.4. The van der Waals surface area contributed by atoms with Gasteiger partial charge in [0.1, 0.15) is 0 Å². The van der Waals surface area contributed by atoms with Gasteiger partial charge in [0.2, 0.25) is 0 Å². The molecule has 0 aliphatic rings. The fourth-order valence-corrected chi connectivity index (χ4v) is 2.11. The van der Waals surface area contributed by atoms with Gasteiger partial charge in [-0.15, -0.1) is 0 Å². The molecule has 0 fully saturated rings. The van der Waals surface area contributed by atoms with Crippen LogP contribution in [0.4, 0.5) is 0 Å². The number of hydrogen-bond donors (Lipinski definition) is 1. The average molecular weight is 180 g/mol. The Hall–Kier alpha value is -0.0900. The van der Waals surface area contributed by atoms with Crippen molar-refractivity contribution in [1.82, 2.24) is 0 Å². The van der Waals surface area contributed by atoms with E-state index in [-0.39, 0.29) is 6.61 Å². The molecule has 4 heteroatoms. The zero-order valence-electron chi connectivity index (χ0n) is 7.46. The molecule has 0 saturated heterocycles. The van der Waals surface area contributed by atoms with Crippen molar-refractivity contribution in [2.75, 3.05) is 6.61 Å². The van der Waals surface area contributed by atoms with Crippen LogP contribution in [0.15, 0.2) is 0 Å². The summed E-state index contributed by atoms with van der Waals surface area (Å²) in [6, 6.07) is 0. The molecule has 1 N–H and O–H groups in total. The molecule has 68 valence electrons. The van der Waals surface area contributed by atoms with E-state index in [4.69, 9.17) is 5.11 Å². The molecule has 0 aliphatic heterocycles. The molecule has 1 unspecified atom stereocenters. The molecule has 3 nitrogen and oxygen atoms in total. The van der Waals surface area contributed by atoms with E-state index in [1.165, 1.54) is 6.92 Å². The average Bonchev–Trinajstić information content (AvgIpc) is 1.83. The van der Waals surface area contributed by atoms with E-state index in [9.17, 15) is 8.42 Å². The second kappa shape index (κ2) is 3.11. The molecule has 0 aromatic rings. The van der Waals surface area contributed by atoms with Crippen LogP contribution >= 0.6 is 0 Å². The Balaban J connectivity index is 4.77. The summed E-state index contributed by atoms with van der Waals surface area (Å²) >= 11 is 0. The van der Waals surface area contributed by atoms with Gasteiger partial charge in [-0.1, -0.05) is 0 Å². The van der Waals surface area contributed by atoms with Crippen LogP contribution in [0.3, 0.4) is 0 Å². The van der Waals surface area contributed by atoms with Crippen molar-refractivity contribution in [3.63, 3.8) is 0 Å². The topological polar surface area (TPSA) is 54.4 Å². The van der Waals surface area contributed by atoms with Crippen molar-refractivity contribution in [2.24, 2.45) is 0 Å². The Kier molecular flexibility index (Phi) is 3.08. The van der Waals surface area contributed by atoms with Crippen molar-refractivity contribution in [1.29, 1.82) is 0 Å². The van der Waals surface area contributed by atoms with Crippen LogP contribution in [0.5, 0.6) is 0 Å². The Morgan fingerprint density at radius 2 is 1.73 bits per heavy atom. The van der Waals surface area contributed by atoms with Gasteiger partial charge in [0.25, 0.3) is 0 Å². The molecule has 0 aromatic heterocycles. The lowest BCUT2D eigenvalue weighted by Crippen LogP contribution is -2.37. The van der Waals surface area contributed by atoms with E-state index in [0.717, 1.165) is 0 Å². The number of aliphatic hydroxyl groups excluding tert-OH is 1. The monoisotopic (exact) mass is 180 g/mol. The van der Waals surface area contributed by atoms with E-state index in [2.05, 4.69) is 0 Å². The highest BCUT2D eigenvalue weighted by Crippen LogP contribution is 2.19. The highest BCUT2D eigenvalue weighted by Gasteiger charge is 2.33. The molecule has 0 radical (unpaired) electrons. The second-order valence-electron chi connectivity index (χ2n) is 3.65. The van der Waals surface area contributed by atoms with Crippen molar-refractivity contribution in [2.45, 2.75) is 37.7 Å². The van der Waals surface area contributed by atoms with E-state index in [0.29, 0.717) is 0 Å². The number of hydrogen-bond acceptors (Lipinski definition) is 3. The van der Waals surface area contributed by atoms with Crippen molar-refractivity contribution >= 4 is 9.84 Å². The van der Waals surface area contributed by atoms with Gasteiger partial charge in [-0.25, -0.2) is 8.42 Å². The fraction of sp³-hybridized carbons (Fsp3) is 1.00. The SMILES string of the molecule is CC(CO)S(=O)(=O)C(C)(C)C. The molecular formula is C7H16O3S. The summed E-state index contributed by atoms with van der Waals surface area (Å²) in [5.74, 6) is 0. The van der Waals surface area contributed by atoms with E-state index < -0.39 is 19.8 Å². The molecule has 0 rings (SSSR count). The first kappa shape index (κ1) is 10.9. The fourth-order valence-electron chi connectivity index (χ4n) is 0.702. The van der Waals surface area contributed by atoms with Gasteiger partial charge in [0.15, 0.2) is 9.84 Å². The summed E-state index contributed by atoms with van der Waals surface area (Å²) in [4.78, 5) is 0. The third kappa shape index (κ3) is 2.17. The first-order valence-electron chi connectivity index (χ1n) is 3.57. The van der Waals surface area contributed by atoms with Crippen molar-refractivity contribution in [3.05, 3.63) is 0 Å². The summed E-state index contributed by atoms with van der Waals surface area (Å²) in [7, 11) is -3.18. The molecule has 0 amide bonds. The largest absolute Gasteiger partial charge is 0.395 e. The Bertz CT molecular complexity index is 210. The van der Waals surface area contributed by atoms with Gasteiger partial charge in [0.05, 0.1) is 16.6 Å². The molecule has 11 heavy (non-hydrogen) atoms. The summed E-state index contributed by atoms with van der Waals surface area (Å²) in [5.41, 5.74) is 0. The summed E-state index contributed by atoms with van der Waals surface area (Å²) in [6.45, 7) is 6.11. The van der Waals surface area contributed by atoms with E-state index >= 15 is 0 Å². The van der Waals surface area contributed by atoms with Crippen LogP contribution in [-0.4, -0.2) is 30.1 Å². The predicted octanol–water partition coefficient (Wildman–Crippen LogP) is 0.581. The van der Waals surface area contributed by atoms with Gasteiger partial charge in [0, 0.05) is 0 Å². The summed E-state index contributed by atoms with van der Waals surface area (Å²) in [6.07, 6.45) is 0. The molecular weight excluding hydrogens is 164 g/mol. The van der Waals surface area contributed by atoms with Gasteiger partial charge in [-0.2, -0.15) is 0 Å². The molecule has 0 aliphatic carbocycles. The quantitative estimate of drug-likeness (QED) is 0.676. The minimum atomic E-state index is -3.18. The van der Waals surface area contributed by atoms with Crippen LogP contribution in [-0.2, 0) is 9.84 Å². The molecule has 0 spiro atoms. The highest BCUT2D eigenvalue weighted by atomic mass is 32.2. The smallest absolute Gasteiger partial charge is 0.160 e. The Morgan fingerprint density at radius 3 is 1.82 bits per heavy atom. The summed E-state index contributed by atoms with van der Waals surface area (Å²) in [5, 5.41) is 7.99. The van der Waals surface area contributed by atoms with E-state index in [1.807, 2.05) is 0 Å². The first-order valence-corrected chi connectivity index (χ1v) is 5.12. The molecule has 1 atom stereocenters. The molecule has 0 bridgehead atoms. The molecule has 0 saturated carbocycles. The third-order valence-electron chi connectivity index (χ3n) is 1.64. The lowest BCUT2D eigenvalue weighted by Gasteiger charge is -2.22. The van der Waals surface area contributed by atoms with Gasteiger partial charge in [-0.3, -0.25) is 0 Å². The third-order valence-corrected chi connectivity index (χ3v) is 4.56. The van der Waals surface area contributed by atoms with Crippen LogP contribution in [0.25, 0.3) is 0 Å². The van der Waals surface area contributed by atoms with Gasteiger partial charge < -0.3 is 5.11 Å². The van der Waals surface area contributed by atoms with Crippen molar-refractivity contribution < 1.29 is 13.5 Å². The van der Waals surface area contributed by atoms with Crippen molar-refractivity contribution in [3.8, 4) is 0 Å². The molecule has 0 heterocycles. The highest BCUT2D eigenvalue weighted by molar-refractivity contribution is 7.93. The Morgan fingerprint density at radius 1 is 1.36 bits per heavy atom. The first-order chi connectivity index (χ1) is 4.73. The maximum absolute atomic E-state index is 11.4. The van der Waals surface area contributed by atoms with Gasteiger partial charge >= 0.3 is 0 Å². The molecule has 0 aromatic carbocycles. The van der Waals surface area contributed by atoms with Gasteiger partial charge in [-0.05, 0) is 27.7 Å². The maximum Gasteiger partial charge on any atom is 0.160 e. The number of sulfone groups is 1. The minimum absolute atomic E-state index is 0.306.